The van der Waals surface area contributed by atoms with Crippen molar-refractivity contribution in [3.63, 3.8) is 0 Å². The third kappa shape index (κ3) is 3.38. The van der Waals surface area contributed by atoms with Gasteiger partial charge in [0.05, 0.1) is 10.9 Å². The number of rotatable bonds is 3. The topological polar surface area (TPSA) is 66.9 Å². The highest BCUT2D eigenvalue weighted by atomic mass is 32.1. The molecule has 1 amide bonds. The van der Waals surface area contributed by atoms with E-state index in [4.69, 9.17) is 12.2 Å². The van der Waals surface area contributed by atoms with Gasteiger partial charge in [0.15, 0.2) is 0 Å². The molecule has 1 aliphatic rings. The van der Waals surface area contributed by atoms with Gasteiger partial charge in [-0.1, -0.05) is 19.8 Å². The van der Waals surface area contributed by atoms with Crippen LogP contribution in [0.5, 0.6) is 0 Å². The minimum absolute atomic E-state index is 0.227. The smallest absolute Gasteiger partial charge is 0.282 e. The maximum absolute atomic E-state index is 13.3. The van der Waals surface area contributed by atoms with Crippen molar-refractivity contribution in [2.24, 2.45) is 0 Å². The van der Waals surface area contributed by atoms with Crippen molar-refractivity contribution in [1.29, 1.82) is 0 Å². The summed E-state index contributed by atoms with van der Waals surface area (Å²) in [6.07, 6.45) is 7.38. The van der Waals surface area contributed by atoms with Gasteiger partial charge in [-0.2, -0.15) is 4.68 Å². The lowest BCUT2D eigenvalue weighted by molar-refractivity contribution is 0.101. The number of aryl methyl sites for hydroxylation is 3. The number of aromatic nitrogens is 2. The summed E-state index contributed by atoms with van der Waals surface area (Å²) in [6.45, 7) is 4.04. The van der Waals surface area contributed by atoms with Gasteiger partial charge in [-0.3, -0.25) is 15.0 Å². The summed E-state index contributed by atoms with van der Waals surface area (Å²) in [5.41, 5.74) is 5.29. The maximum Gasteiger partial charge on any atom is 0.282 e. The van der Waals surface area contributed by atoms with Gasteiger partial charge in [-0.15, -0.1) is 22.7 Å². The lowest BCUT2D eigenvalue weighted by Gasteiger charge is -2.11. The van der Waals surface area contributed by atoms with Crippen molar-refractivity contribution in [3.05, 3.63) is 46.9 Å². The summed E-state index contributed by atoms with van der Waals surface area (Å²) < 4.78 is 1.43. The van der Waals surface area contributed by atoms with E-state index in [1.54, 1.807) is 22.7 Å². The molecule has 3 heterocycles. The second-order valence-corrected chi connectivity index (χ2v) is 9.75. The lowest BCUT2D eigenvalue weighted by atomic mass is 9.98. The van der Waals surface area contributed by atoms with E-state index in [2.05, 4.69) is 10.4 Å². The fourth-order valence-corrected chi connectivity index (χ4v) is 6.48. The summed E-state index contributed by atoms with van der Waals surface area (Å²) in [5.74, 6) is -0.291. The minimum Gasteiger partial charge on any atom is -0.322 e. The third-order valence-electron chi connectivity index (χ3n) is 5.43. The summed E-state index contributed by atoms with van der Waals surface area (Å²) in [4.78, 5) is 32.5. The Kier molecular flexibility index (Phi) is 5.53. The summed E-state index contributed by atoms with van der Waals surface area (Å²) in [6, 6.07) is 0. The number of amides is 1. The van der Waals surface area contributed by atoms with Gasteiger partial charge in [0, 0.05) is 15.1 Å². The van der Waals surface area contributed by atoms with Crippen LogP contribution >= 0.6 is 34.9 Å². The lowest BCUT2D eigenvalue weighted by Crippen LogP contribution is -2.34. The molecule has 0 radical (unpaired) electrons. The van der Waals surface area contributed by atoms with Crippen molar-refractivity contribution in [3.8, 4) is 0 Å². The third-order valence-corrected chi connectivity index (χ3v) is 7.87. The molecule has 0 bridgehead atoms. The molecule has 3 aromatic heterocycles. The maximum atomic E-state index is 13.3. The Bertz CT molecular complexity index is 1170. The number of hydrogen-bond donors (Lipinski definition) is 2. The first-order valence-electron chi connectivity index (χ1n) is 9.69. The molecule has 0 aliphatic heterocycles. The molecule has 0 saturated heterocycles. The van der Waals surface area contributed by atoms with Gasteiger partial charge >= 0.3 is 0 Å². The van der Waals surface area contributed by atoms with E-state index in [0.29, 0.717) is 10.9 Å². The number of carbonyl (C=O) groups is 1. The second-order valence-electron chi connectivity index (χ2n) is 7.17. The molecular weight excluding hydrogens is 410 g/mol. The predicted molar refractivity (Wildman–Crippen MR) is 119 cm³/mol. The Balaban J connectivity index is 1.79. The molecule has 4 rings (SSSR count). The van der Waals surface area contributed by atoms with E-state index in [9.17, 15) is 9.59 Å². The van der Waals surface area contributed by atoms with Crippen molar-refractivity contribution in [2.45, 2.75) is 58.8 Å². The van der Waals surface area contributed by atoms with E-state index in [1.165, 1.54) is 22.4 Å². The average Bonchev–Trinajstić information content (AvgIpc) is 3.18. The van der Waals surface area contributed by atoms with Crippen LogP contribution in [0.4, 0.5) is 0 Å². The van der Waals surface area contributed by atoms with Crippen LogP contribution in [0.25, 0.3) is 10.2 Å². The quantitative estimate of drug-likeness (QED) is 0.565. The van der Waals surface area contributed by atoms with Crippen molar-refractivity contribution >= 4 is 51.0 Å². The monoisotopic (exact) mass is 433 g/mol. The zero-order chi connectivity index (χ0) is 19.8. The molecule has 148 valence electrons. The van der Waals surface area contributed by atoms with Crippen LogP contribution in [0.15, 0.2) is 10.2 Å². The Morgan fingerprint density at radius 2 is 2.04 bits per heavy atom. The van der Waals surface area contributed by atoms with Crippen LogP contribution in [0.3, 0.4) is 0 Å². The number of thiophene rings is 2. The van der Waals surface area contributed by atoms with Crippen LogP contribution in [-0.4, -0.2) is 15.6 Å². The van der Waals surface area contributed by atoms with Gasteiger partial charge in [0.25, 0.3) is 11.5 Å². The summed E-state index contributed by atoms with van der Waals surface area (Å²) >= 11 is 8.58. The second kappa shape index (κ2) is 7.93. The fraction of sp³-hybridized carbons (Fsp3) is 0.450. The fourth-order valence-electron chi connectivity index (χ4n) is 3.96. The predicted octanol–water partition coefficient (Wildman–Crippen LogP) is 5.10. The molecule has 2 N–H and O–H groups in total. The number of nitrogens with zero attached hydrogens (tertiary/aromatic N) is 1. The standard InChI is InChI=1S/C20H23N3O2S3/c1-3-12-11(2)27-10-14(12)17(24)22-23-19(25)16-13-8-6-4-5-7-9-15(13)28-18(16)21-20(23)26/h10H,3-9H2,1-2H3,(H,21,26)(H,22,24). The Morgan fingerprint density at radius 3 is 2.79 bits per heavy atom. The van der Waals surface area contributed by atoms with Crippen LogP contribution in [-0.2, 0) is 19.3 Å². The van der Waals surface area contributed by atoms with E-state index in [1.807, 2.05) is 19.2 Å². The molecule has 3 aromatic rings. The number of hydrogen-bond acceptors (Lipinski definition) is 5. The highest BCUT2D eigenvalue weighted by molar-refractivity contribution is 7.71. The van der Waals surface area contributed by atoms with Crippen LogP contribution in [0.1, 0.15) is 63.8 Å². The first kappa shape index (κ1) is 19.5. The molecule has 0 atom stereocenters. The Labute approximate surface area is 176 Å². The molecule has 0 aromatic carbocycles. The normalized spacial score (nSPS) is 14.5. The minimum atomic E-state index is -0.291. The number of aromatic amines is 1. The van der Waals surface area contributed by atoms with Crippen LogP contribution < -0.4 is 11.0 Å². The molecule has 8 heteroatoms. The van der Waals surface area contributed by atoms with Crippen molar-refractivity contribution < 1.29 is 4.79 Å². The highest BCUT2D eigenvalue weighted by Crippen LogP contribution is 2.32. The highest BCUT2D eigenvalue weighted by Gasteiger charge is 2.21. The molecule has 1 aliphatic carbocycles. The molecule has 0 fully saturated rings. The largest absolute Gasteiger partial charge is 0.322 e. The number of fused-ring (bicyclic) bond motifs is 3. The first-order chi connectivity index (χ1) is 13.5. The molecule has 0 unspecified atom stereocenters. The molecule has 5 nitrogen and oxygen atoms in total. The van der Waals surface area contributed by atoms with E-state index in [-0.39, 0.29) is 16.2 Å². The van der Waals surface area contributed by atoms with Gasteiger partial charge in [0.2, 0.25) is 4.77 Å². The van der Waals surface area contributed by atoms with Gasteiger partial charge < -0.3 is 4.98 Å². The SMILES string of the molecule is CCc1c(C(=O)Nn2c(=S)[nH]c3sc4c(c3c2=O)CCCCCC4)csc1C. The molecule has 0 spiro atoms. The summed E-state index contributed by atoms with van der Waals surface area (Å²) in [7, 11) is 0. The number of H-pyrrole nitrogens is 1. The zero-order valence-corrected chi connectivity index (χ0v) is 18.5. The Morgan fingerprint density at radius 1 is 1.29 bits per heavy atom. The van der Waals surface area contributed by atoms with Gasteiger partial charge in [0.1, 0.15) is 4.83 Å². The zero-order valence-electron chi connectivity index (χ0n) is 16.0. The van der Waals surface area contributed by atoms with Gasteiger partial charge in [-0.05, 0) is 62.4 Å². The number of carbonyl (C=O) groups excluding carboxylic acids is 1. The number of nitrogens with one attached hydrogen (secondary N) is 2. The van der Waals surface area contributed by atoms with Crippen LogP contribution in [0, 0.1) is 11.7 Å². The van der Waals surface area contributed by atoms with Crippen LogP contribution in [0.2, 0.25) is 0 Å². The first-order valence-corrected chi connectivity index (χ1v) is 11.8. The Hall–Kier alpha value is -1.77. The van der Waals surface area contributed by atoms with Crippen molar-refractivity contribution in [2.75, 3.05) is 5.43 Å². The molecule has 0 saturated carbocycles. The molecule has 28 heavy (non-hydrogen) atoms. The average molecular weight is 434 g/mol. The van der Waals surface area contributed by atoms with E-state index in [0.717, 1.165) is 52.9 Å². The molecular formula is C20H23N3O2S3. The van der Waals surface area contributed by atoms with E-state index >= 15 is 0 Å². The van der Waals surface area contributed by atoms with Gasteiger partial charge in [-0.25, -0.2) is 0 Å². The van der Waals surface area contributed by atoms with Crippen molar-refractivity contribution in [1.82, 2.24) is 9.66 Å². The van der Waals surface area contributed by atoms with E-state index < -0.39 is 0 Å². The summed E-state index contributed by atoms with van der Waals surface area (Å²) in [5, 5.41) is 2.54.